The van der Waals surface area contributed by atoms with E-state index in [9.17, 15) is 18.7 Å². The first-order chi connectivity index (χ1) is 10.6. The molecule has 0 bridgehead atoms. The third-order valence-electron chi connectivity index (χ3n) is 3.94. The predicted molar refractivity (Wildman–Crippen MR) is 77.2 cm³/mol. The first kappa shape index (κ1) is 14.5. The van der Waals surface area contributed by atoms with E-state index in [-0.39, 0.29) is 23.8 Å². The highest BCUT2D eigenvalue weighted by Crippen LogP contribution is 2.49. The average Bonchev–Trinajstić information content (AvgIpc) is 3.26. The van der Waals surface area contributed by atoms with Gasteiger partial charge in [0.25, 0.3) is 0 Å². The predicted octanol–water partition coefficient (Wildman–Crippen LogP) is 3.09. The molecular formula is C17H15F2NO2. The van der Waals surface area contributed by atoms with Crippen LogP contribution in [-0.4, -0.2) is 11.0 Å². The number of phenols is 1. The van der Waals surface area contributed by atoms with Gasteiger partial charge in [0.15, 0.2) is 0 Å². The summed E-state index contributed by atoms with van der Waals surface area (Å²) < 4.78 is 27.4. The van der Waals surface area contributed by atoms with Crippen molar-refractivity contribution in [3.05, 3.63) is 65.2 Å². The molecule has 0 saturated heterocycles. The number of nitrogens with one attached hydrogen (secondary N) is 1. The normalized spacial score (nSPS) is 19.7. The van der Waals surface area contributed by atoms with Gasteiger partial charge in [-0.3, -0.25) is 4.79 Å². The summed E-state index contributed by atoms with van der Waals surface area (Å²) in [6, 6.07) is 10.4. The van der Waals surface area contributed by atoms with Crippen LogP contribution in [0.4, 0.5) is 8.78 Å². The molecule has 0 aromatic heterocycles. The summed E-state index contributed by atoms with van der Waals surface area (Å²) in [7, 11) is 0. The number of hydrogen-bond acceptors (Lipinski definition) is 2. The van der Waals surface area contributed by atoms with E-state index in [1.54, 1.807) is 18.2 Å². The summed E-state index contributed by atoms with van der Waals surface area (Å²) in [6.07, 6.45) is 0.435. The molecule has 114 valence electrons. The van der Waals surface area contributed by atoms with E-state index in [1.165, 1.54) is 24.3 Å². The fourth-order valence-electron chi connectivity index (χ4n) is 2.64. The molecule has 1 aliphatic carbocycles. The third-order valence-corrected chi connectivity index (χ3v) is 3.94. The fraction of sp³-hybridized carbons (Fsp3) is 0.235. The van der Waals surface area contributed by atoms with E-state index in [2.05, 4.69) is 5.32 Å². The summed E-state index contributed by atoms with van der Waals surface area (Å²) in [4.78, 5) is 12.1. The van der Waals surface area contributed by atoms with Gasteiger partial charge in [0.2, 0.25) is 5.91 Å². The van der Waals surface area contributed by atoms with Crippen LogP contribution in [-0.2, 0) is 11.3 Å². The minimum absolute atomic E-state index is 0.00907. The average molecular weight is 303 g/mol. The summed E-state index contributed by atoms with van der Waals surface area (Å²) in [5, 5.41) is 12.3. The highest BCUT2D eigenvalue weighted by Gasteiger charge is 2.46. The highest BCUT2D eigenvalue weighted by molar-refractivity contribution is 5.83. The Morgan fingerprint density at radius 1 is 1.14 bits per heavy atom. The maximum Gasteiger partial charge on any atom is 0.224 e. The minimum Gasteiger partial charge on any atom is -0.508 e. The van der Waals surface area contributed by atoms with Crippen LogP contribution in [0.3, 0.4) is 0 Å². The number of rotatable bonds is 4. The molecule has 0 unspecified atom stereocenters. The first-order valence-electron chi connectivity index (χ1n) is 7.06. The zero-order valence-corrected chi connectivity index (χ0v) is 11.7. The highest BCUT2D eigenvalue weighted by atomic mass is 19.1. The lowest BCUT2D eigenvalue weighted by Crippen LogP contribution is -2.25. The van der Waals surface area contributed by atoms with Gasteiger partial charge in [-0.05, 0) is 24.6 Å². The van der Waals surface area contributed by atoms with E-state index in [0.29, 0.717) is 12.0 Å². The SMILES string of the molecule is O=C(NCc1ccccc1O)[C@H]1C[C@H]1c1c(F)cccc1F. The minimum atomic E-state index is -0.610. The number of phenolic OH excluding ortho intramolecular Hbond substituents is 1. The number of aromatic hydroxyl groups is 1. The van der Waals surface area contributed by atoms with Gasteiger partial charge in [-0.25, -0.2) is 8.78 Å². The number of hydrogen-bond donors (Lipinski definition) is 2. The van der Waals surface area contributed by atoms with Gasteiger partial charge in [-0.15, -0.1) is 0 Å². The molecular weight excluding hydrogens is 288 g/mol. The molecule has 2 N–H and O–H groups in total. The molecule has 3 rings (SSSR count). The molecule has 5 heteroatoms. The number of carbonyl (C=O) groups is 1. The Morgan fingerprint density at radius 2 is 1.82 bits per heavy atom. The van der Waals surface area contributed by atoms with Crippen LogP contribution in [0.25, 0.3) is 0 Å². The van der Waals surface area contributed by atoms with Gasteiger partial charge in [-0.1, -0.05) is 24.3 Å². The van der Waals surface area contributed by atoms with Crippen molar-refractivity contribution in [1.82, 2.24) is 5.32 Å². The Bertz CT molecular complexity index is 697. The largest absolute Gasteiger partial charge is 0.508 e. The Morgan fingerprint density at radius 3 is 2.50 bits per heavy atom. The maximum atomic E-state index is 13.7. The molecule has 3 nitrogen and oxygen atoms in total. The van der Waals surface area contributed by atoms with Crippen molar-refractivity contribution in [2.75, 3.05) is 0 Å². The van der Waals surface area contributed by atoms with Crippen molar-refractivity contribution in [3.8, 4) is 5.75 Å². The topological polar surface area (TPSA) is 49.3 Å². The van der Waals surface area contributed by atoms with Crippen LogP contribution in [0.5, 0.6) is 5.75 Å². The van der Waals surface area contributed by atoms with Crippen molar-refractivity contribution in [1.29, 1.82) is 0 Å². The van der Waals surface area contributed by atoms with Crippen LogP contribution >= 0.6 is 0 Å². The summed E-state index contributed by atoms with van der Waals surface area (Å²) >= 11 is 0. The Hall–Kier alpha value is -2.43. The van der Waals surface area contributed by atoms with Crippen LogP contribution in [0.1, 0.15) is 23.5 Å². The Kier molecular flexibility index (Phi) is 3.79. The van der Waals surface area contributed by atoms with Gasteiger partial charge >= 0.3 is 0 Å². The van der Waals surface area contributed by atoms with Crippen molar-refractivity contribution in [2.24, 2.45) is 5.92 Å². The van der Waals surface area contributed by atoms with Gasteiger partial charge < -0.3 is 10.4 Å². The third kappa shape index (κ3) is 2.79. The maximum absolute atomic E-state index is 13.7. The van der Waals surface area contributed by atoms with Gasteiger partial charge in [-0.2, -0.15) is 0 Å². The zero-order chi connectivity index (χ0) is 15.7. The van der Waals surface area contributed by atoms with Gasteiger partial charge in [0.05, 0.1) is 0 Å². The van der Waals surface area contributed by atoms with Crippen LogP contribution in [0.2, 0.25) is 0 Å². The quantitative estimate of drug-likeness (QED) is 0.912. The van der Waals surface area contributed by atoms with Gasteiger partial charge in [0.1, 0.15) is 17.4 Å². The lowest BCUT2D eigenvalue weighted by molar-refractivity contribution is -0.122. The molecule has 1 fully saturated rings. The molecule has 2 aromatic rings. The first-order valence-corrected chi connectivity index (χ1v) is 7.06. The van der Waals surface area contributed by atoms with E-state index < -0.39 is 23.5 Å². The molecule has 2 aromatic carbocycles. The number of amides is 1. The summed E-state index contributed by atoms with van der Waals surface area (Å²) in [5.74, 6) is -2.20. The lowest BCUT2D eigenvalue weighted by Gasteiger charge is -2.07. The van der Waals surface area contributed by atoms with Crippen LogP contribution < -0.4 is 5.32 Å². The molecule has 0 aliphatic heterocycles. The molecule has 1 amide bonds. The van der Waals surface area contributed by atoms with E-state index >= 15 is 0 Å². The van der Waals surface area contributed by atoms with E-state index in [0.717, 1.165) is 0 Å². The molecule has 1 saturated carbocycles. The van der Waals surface area contributed by atoms with E-state index in [1.807, 2.05) is 0 Å². The standard InChI is InChI=1S/C17H15F2NO2/c18-13-5-3-6-14(19)16(13)11-8-12(11)17(22)20-9-10-4-1-2-7-15(10)21/h1-7,11-12,21H,8-9H2,(H,20,22)/t11-,12+/m1/s1. The smallest absolute Gasteiger partial charge is 0.224 e. The van der Waals surface area contributed by atoms with Crippen LogP contribution in [0, 0.1) is 17.6 Å². The van der Waals surface area contributed by atoms with Crippen molar-refractivity contribution < 1.29 is 18.7 Å². The fourth-order valence-corrected chi connectivity index (χ4v) is 2.64. The molecule has 0 spiro atoms. The second-order valence-corrected chi connectivity index (χ2v) is 5.43. The molecule has 0 radical (unpaired) electrons. The van der Waals surface area contributed by atoms with Crippen molar-refractivity contribution in [3.63, 3.8) is 0 Å². The number of para-hydroxylation sites is 1. The second-order valence-electron chi connectivity index (χ2n) is 5.43. The Balaban J connectivity index is 1.63. The second kappa shape index (κ2) is 5.75. The summed E-state index contributed by atoms with van der Waals surface area (Å²) in [6.45, 7) is 0.189. The molecule has 22 heavy (non-hydrogen) atoms. The van der Waals surface area contributed by atoms with E-state index in [4.69, 9.17) is 0 Å². The molecule has 2 atom stereocenters. The number of carbonyl (C=O) groups excluding carboxylic acids is 1. The molecule has 0 heterocycles. The molecule has 1 aliphatic rings. The number of halogens is 2. The van der Waals surface area contributed by atoms with Crippen LogP contribution in [0.15, 0.2) is 42.5 Å². The lowest BCUT2D eigenvalue weighted by atomic mass is 10.1. The monoisotopic (exact) mass is 303 g/mol. The number of benzene rings is 2. The Labute approximate surface area is 126 Å². The summed E-state index contributed by atoms with van der Waals surface area (Å²) in [5.41, 5.74) is 0.593. The zero-order valence-electron chi connectivity index (χ0n) is 11.7. The van der Waals surface area contributed by atoms with Gasteiger partial charge in [0, 0.05) is 29.5 Å². The van der Waals surface area contributed by atoms with Crippen molar-refractivity contribution >= 4 is 5.91 Å². The van der Waals surface area contributed by atoms with Crippen molar-refractivity contribution in [2.45, 2.75) is 18.9 Å².